The second kappa shape index (κ2) is 6.68. The molecule has 0 aromatic rings. The molecule has 0 aromatic heterocycles. The van der Waals surface area contributed by atoms with Gasteiger partial charge in [-0.15, -0.1) is 0 Å². The van der Waals surface area contributed by atoms with Gasteiger partial charge < -0.3 is 9.64 Å². The van der Waals surface area contributed by atoms with Crippen LogP contribution in [0.4, 0.5) is 0 Å². The van der Waals surface area contributed by atoms with Gasteiger partial charge in [0.25, 0.3) is 5.91 Å². The van der Waals surface area contributed by atoms with Gasteiger partial charge >= 0.3 is 0 Å². The van der Waals surface area contributed by atoms with Crippen LogP contribution in [0.2, 0.25) is 0 Å². The first-order chi connectivity index (χ1) is 9.89. The van der Waals surface area contributed by atoms with Gasteiger partial charge in [-0.25, -0.2) is 0 Å². The predicted molar refractivity (Wildman–Crippen MR) is 86.2 cm³/mol. The standard InChI is InChI=1S/C18H33NO2/c1-17(2,3)15-9-8-13-19(14-10-15)16(20)18(21-4)11-6-5-7-12-18/h15H,5-14H2,1-4H3. The van der Waals surface area contributed by atoms with E-state index in [1.165, 1.54) is 12.8 Å². The lowest BCUT2D eigenvalue weighted by Crippen LogP contribution is -2.51. The number of amides is 1. The van der Waals surface area contributed by atoms with Crippen LogP contribution in [0.15, 0.2) is 0 Å². The molecule has 2 fully saturated rings. The molecule has 2 rings (SSSR count). The minimum absolute atomic E-state index is 0.263. The summed E-state index contributed by atoms with van der Waals surface area (Å²) in [4.78, 5) is 15.1. The van der Waals surface area contributed by atoms with Gasteiger partial charge in [0.15, 0.2) is 0 Å². The van der Waals surface area contributed by atoms with E-state index >= 15 is 0 Å². The van der Waals surface area contributed by atoms with E-state index < -0.39 is 5.60 Å². The van der Waals surface area contributed by atoms with E-state index in [1.807, 2.05) is 0 Å². The quantitative estimate of drug-likeness (QED) is 0.770. The third-order valence-corrected chi connectivity index (χ3v) is 5.68. The Bertz CT molecular complexity index is 353. The van der Waals surface area contributed by atoms with E-state index in [9.17, 15) is 4.79 Å². The van der Waals surface area contributed by atoms with Crippen molar-refractivity contribution < 1.29 is 9.53 Å². The normalized spacial score (nSPS) is 27.2. The minimum Gasteiger partial charge on any atom is -0.368 e. The van der Waals surface area contributed by atoms with Crippen LogP contribution in [-0.2, 0) is 9.53 Å². The summed E-state index contributed by atoms with van der Waals surface area (Å²) in [5.41, 5.74) is -0.164. The Hall–Kier alpha value is -0.570. The molecule has 0 spiro atoms. The smallest absolute Gasteiger partial charge is 0.254 e. The maximum absolute atomic E-state index is 13.0. The van der Waals surface area contributed by atoms with E-state index in [0.29, 0.717) is 5.41 Å². The average molecular weight is 295 g/mol. The molecule has 1 saturated carbocycles. The number of ether oxygens (including phenoxy) is 1. The van der Waals surface area contributed by atoms with Crippen LogP contribution in [0, 0.1) is 11.3 Å². The maximum Gasteiger partial charge on any atom is 0.254 e. The molecule has 3 nitrogen and oxygen atoms in total. The minimum atomic E-state index is -0.514. The summed E-state index contributed by atoms with van der Waals surface area (Å²) in [6, 6.07) is 0. The van der Waals surface area contributed by atoms with E-state index in [0.717, 1.165) is 57.5 Å². The summed E-state index contributed by atoms with van der Waals surface area (Å²) in [5.74, 6) is 0.986. The molecule has 1 unspecified atom stereocenters. The summed E-state index contributed by atoms with van der Waals surface area (Å²) in [6.07, 6.45) is 8.80. The second-order valence-electron chi connectivity index (χ2n) is 8.05. The molecule has 1 amide bonds. The van der Waals surface area contributed by atoms with Crippen LogP contribution in [-0.4, -0.2) is 36.6 Å². The topological polar surface area (TPSA) is 29.5 Å². The molecule has 0 N–H and O–H groups in total. The van der Waals surface area contributed by atoms with Gasteiger partial charge in [-0.3, -0.25) is 4.79 Å². The van der Waals surface area contributed by atoms with Gasteiger partial charge in [0.05, 0.1) is 0 Å². The van der Waals surface area contributed by atoms with Crippen LogP contribution in [0.5, 0.6) is 0 Å². The van der Waals surface area contributed by atoms with Gasteiger partial charge in [-0.05, 0) is 43.4 Å². The molecular formula is C18H33NO2. The zero-order valence-corrected chi connectivity index (χ0v) is 14.4. The van der Waals surface area contributed by atoms with Crippen molar-refractivity contribution >= 4 is 5.91 Å². The first-order valence-electron chi connectivity index (χ1n) is 8.73. The molecule has 2 aliphatic rings. The third kappa shape index (κ3) is 3.80. The van der Waals surface area contributed by atoms with Gasteiger partial charge in [-0.1, -0.05) is 40.0 Å². The van der Waals surface area contributed by atoms with Crippen molar-refractivity contribution in [2.75, 3.05) is 20.2 Å². The zero-order valence-electron chi connectivity index (χ0n) is 14.4. The maximum atomic E-state index is 13.0. The molecule has 3 heteroatoms. The van der Waals surface area contributed by atoms with E-state index in [1.54, 1.807) is 7.11 Å². The Kier molecular flexibility index (Phi) is 5.34. The Morgan fingerprint density at radius 2 is 1.71 bits per heavy atom. The number of hydrogen-bond donors (Lipinski definition) is 0. The van der Waals surface area contributed by atoms with Gasteiger partial charge in [0, 0.05) is 20.2 Å². The molecular weight excluding hydrogens is 262 g/mol. The highest BCUT2D eigenvalue weighted by atomic mass is 16.5. The number of nitrogens with zero attached hydrogens (tertiary/aromatic N) is 1. The third-order valence-electron chi connectivity index (χ3n) is 5.68. The molecule has 1 aliphatic carbocycles. The van der Waals surface area contributed by atoms with Crippen molar-refractivity contribution in [2.45, 2.75) is 77.7 Å². The van der Waals surface area contributed by atoms with Crippen LogP contribution in [0.3, 0.4) is 0 Å². The highest BCUT2D eigenvalue weighted by molar-refractivity contribution is 5.85. The lowest BCUT2D eigenvalue weighted by molar-refractivity contribution is -0.159. The molecule has 0 aromatic carbocycles. The Balaban J connectivity index is 2.02. The summed E-state index contributed by atoms with van der Waals surface area (Å²) in [5, 5.41) is 0. The van der Waals surface area contributed by atoms with E-state index in [-0.39, 0.29) is 5.91 Å². The van der Waals surface area contributed by atoms with Crippen molar-refractivity contribution in [1.29, 1.82) is 0 Å². The first-order valence-corrected chi connectivity index (χ1v) is 8.73. The largest absolute Gasteiger partial charge is 0.368 e. The lowest BCUT2D eigenvalue weighted by atomic mass is 9.77. The Morgan fingerprint density at radius 1 is 1.05 bits per heavy atom. The fourth-order valence-corrected chi connectivity index (χ4v) is 4.08. The van der Waals surface area contributed by atoms with Crippen molar-refractivity contribution in [2.24, 2.45) is 11.3 Å². The molecule has 0 bridgehead atoms. The average Bonchev–Trinajstić information content (AvgIpc) is 2.72. The van der Waals surface area contributed by atoms with Crippen LogP contribution < -0.4 is 0 Å². The number of likely N-dealkylation sites (tertiary alicyclic amines) is 1. The molecule has 21 heavy (non-hydrogen) atoms. The van der Waals surface area contributed by atoms with Crippen molar-refractivity contribution in [3.8, 4) is 0 Å². The highest BCUT2D eigenvalue weighted by Gasteiger charge is 2.42. The van der Waals surface area contributed by atoms with Crippen molar-refractivity contribution in [1.82, 2.24) is 4.90 Å². The van der Waals surface area contributed by atoms with Crippen LogP contribution >= 0.6 is 0 Å². The molecule has 1 heterocycles. The van der Waals surface area contributed by atoms with Crippen molar-refractivity contribution in [3.05, 3.63) is 0 Å². The molecule has 1 aliphatic heterocycles. The molecule has 122 valence electrons. The van der Waals surface area contributed by atoms with Crippen molar-refractivity contribution in [3.63, 3.8) is 0 Å². The molecule has 1 atom stereocenters. The highest BCUT2D eigenvalue weighted by Crippen LogP contribution is 2.37. The lowest BCUT2D eigenvalue weighted by Gasteiger charge is -2.38. The summed E-state index contributed by atoms with van der Waals surface area (Å²) in [6.45, 7) is 8.80. The predicted octanol–water partition coefficient (Wildman–Crippen LogP) is 4.01. The van der Waals surface area contributed by atoms with Crippen LogP contribution in [0.25, 0.3) is 0 Å². The molecule has 1 saturated heterocycles. The first kappa shape index (κ1) is 16.8. The van der Waals surface area contributed by atoms with E-state index in [2.05, 4.69) is 25.7 Å². The molecule has 0 radical (unpaired) electrons. The monoisotopic (exact) mass is 295 g/mol. The number of carbonyl (C=O) groups is 1. The Morgan fingerprint density at radius 3 is 2.29 bits per heavy atom. The second-order valence-corrected chi connectivity index (χ2v) is 8.05. The number of rotatable bonds is 2. The number of carbonyl (C=O) groups excluding carboxylic acids is 1. The Labute approximate surface area is 130 Å². The van der Waals surface area contributed by atoms with Gasteiger partial charge in [-0.2, -0.15) is 0 Å². The fourth-order valence-electron chi connectivity index (χ4n) is 4.08. The summed E-state index contributed by atoms with van der Waals surface area (Å²) in [7, 11) is 1.72. The van der Waals surface area contributed by atoms with E-state index in [4.69, 9.17) is 4.74 Å². The number of hydrogen-bond acceptors (Lipinski definition) is 2. The summed E-state index contributed by atoms with van der Waals surface area (Å²) >= 11 is 0. The summed E-state index contributed by atoms with van der Waals surface area (Å²) < 4.78 is 5.74. The fraction of sp³-hybridized carbons (Fsp3) is 0.944. The number of methoxy groups -OCH3 is 1. The van der Waals surface area contributed by atoms with Crippen LogP contribution in [0.1, 0.15) is 72.1 Å². The van der Waals surface area contributed by atoms with Gasteiger partial charge in [0.1, 0.15) is 5.60 Å². The van der Waals surface area contributed by atoms with Gasteiger partial charge in [0.2, 0.25) is 0 Å². The zero-order chi connectivity index (χ0) is 15.5. The SMILES string of the molecule is COC1(C(=O)N2CCCC(C(C)(C)C)CC2)CCCCC1.